The van der Waals surface area contributed by atoms with E-state index in [0.717, 1.165) is 12.8 Å². The third-order valence-corrected chi connectivity index (χ3v) is 3.08. The van der Waals surface area contributed by atoms with Gasteiger partial charge in [-0.3, -0.25) is 4.79 Å². The van der Waals surface area contributed by atoms with Crippen LogP contribution in [0.25, 0.3) is 0 Å². The summed E-state index contributed by atoms with van der Waals surface area (Å²) in [6.07, 6.45) is 1.83. The Morgan fingerprint density at radius 3 is 2.33 bits per heavy atom. The zero-order valence-corrected chi connectivity index (χ0v) is 11.7. The van der Waals surface area contributed by atoms with Gasteiger partial charge in [-0.15, -0.1) is 0 Å². The number of amides is 1. The van der Waals surface area contributed by atoms with Gasteiger partial charge >= 0.3 is 0 Å². The van der Waals surface area contributed by atoms with Crippen molar-refractivity contribution in [2.45, 2.75) is 31.5 Å². The van der Waals surface area contributed by atoms with Gasteiger partial charge in [0.1, 0.15) is 0 Å². The quantitative estimate of drug-likeness (QED) is 0.670. The smallest absolute Gasteiger partial charge is 0.225 e. The van der Waals surface area contributed by atoms with Crippen molar-refractivity contribution in [3.63, 3.8) is 0 Å². The predicted molar refractivity (Wildman–Crippen MR) is 66.3 cm³/mol. The maximum absolute atomic E-state index is 11.9. The highest BCUT2D eigenvalue weighted by Crippen LogP contribution is 2.12. The van der Waals surface area contributed by atoms with Gasteiger partial charge in [-0.25, -0.2) is 0 Å². The molecule has 1 amide bonds. The van der Waals surface area contributed by atoms with Crippen LogP contribution in [0.2, 0.25) is 0 Å². The summed E-state index contributed by atoms with van der Waals surface area (Å²) in [7, 11) is 3.52. The molecular formula is C11H22BrNO2. The number of carbonyl (C=O) groups is 1. The molecule has 3 nitrogen and oxygen atoms in total. The zero-order chi connectivity index (χ0) is 11.8. The topological polar surface area (TPSA) is 29.5 Å². The molecule has 0 aliphatic rings. The molecule has 0 radical (unpaired) electrons. The Balaban J connectivity index is 4.07. The number of ether oxygens (including phenoxy) is 1. The number of rotatable bonds is 7. The second-order valence-corrected chi connectivity index (χ2v) is 5.08. The molecule has 0 aliphatic carbocycles. The van der Waals surface area contributed by atoms with Crippen molar-refractivity contribution in [1.29, 1.82) is 0 Å². The predicted octanol–water partition coefficient (Wildman–Crippen LogP) is 2.29. The van der Waals surface area contributed by atoms with Gasteiger partial charge in [0.2, 0.25) is 5.91 Å². The molecule has 0 aromatic heterocycles. The first-order chi connectivity index (χ1) is 7.06. The highest BCUT2D eigenvalue weighted by atomic mass is 79.9. The molecule has 4 heteroatoms. The molecule has 0 rings (SSSR count). The van der Waals surface area contributed by atoms with E-state index in [1.165, 1.54) is 0 Å². The fourth-order valence-corrected chi connectivity index (χ4v) is 2.27. The van der Waals surface area contributed by atoms with Crippen LogP contribution < -0.4 is 0 Å². The van der Waals surface area contributed by atoms with E-state index in [1.807, 2.05) is 7.05 Å². The summed E-state index contributed by atoms with van der Waals surface area (Å²) in [5.41, 5.74) is 0. The number of hydrogen-bond acceptors (Lipinski definition) is 2. The van der Waals surface area contributed by atoms with Gasteiger partial charge in [-0.05, 0) is 12.8 Å². The number of carbonyl (C=O) groups excluding carboxylic acids is 1. The molecule has 0 bridgehead atoms. The third-order valence-electron chi connectivity index (χ3n) is 2.53. The molecule has 0 heterocycles. The van der Waals surface area contributed by atoms with Crippen molar-refractivity contribution >= 4 is 21.8 Å². The Morgan fingerprint density at radius 2 is 1.93 bits per heavy atom. The number of alkyl halides is 1. The van der Waals surface area contributed by atoms with Gasteiger partial charge in [0.05, 0.1) is 11.4 Å². The lowest BCUT2D eigenvalue weighted by Gasteiger charge is -2.24. The van der Waals surface area contributed by atoms with Gasteiger partial charge in [0.25, 0.3) is 0 Å². The van der Waals surface area contributed by atoms with Crippen LogP contribution in [0, 0.1) is 5.92 Å². The monoisotopic (exact) mass is 279 g/mol. The lowest BCUT2D eigenvalue weighted by molar-refractivity contribution is -0.134. The molecule has 0 aromatic carbocycles. The normalized spacial score (nSPS) is 12.9. The van der Waals surface area contributed by atoms with Crippen LogP contribution >= 0.6 is 15.9 Å². The molecule has 0 aromatic rings. The number of halogens is 1. The van der Waals surface area contributed by atoms with E-state index < -0.39 is 0 Å². The maximum Gasteiger partial charge on any atom is 0.225 e. The number of nitrogens with zero attached hydrogens (tertiary/aromatic N) is 1. The van der Waals surface area contributed by atoms with Crippen molar-refractivity contribution in [2.75, 3.05) is 27.3 Å². The van der Waals surface area contributed by atoms with Crippen molar-refractivity contribution in [1.82, 2.24) is 4.90 Å². The highest BCUT2D eigenvalue weighted by molar-refractivity contribution is 9.09. The summed E-state index contributed by atoms with van der Waals surface area (Å²) in [4.78, 5) is 13.9. The molecule has 0 aliphatic heterocycles. The largest absolute Gasteiger partial charge is 0.383 e. The SMILES string of the molecule is CCC(CC)C(=O)N(C)CC(Br)COC. The van der Waals surface area contributed by atoms with Crippen LogP contribution in [0.3, 0.4) is 0 Å². The van der Waals surface area contributed by atoms with Crippen LogP contribution in [0.5, 0.6) is 0 Å². The van der Waals surface area contributed by atoms with Crippen LogP contribution in [-0.4, -0.2) is 42.9 Å². The van der Waals surface area contributed by atoms with E-state index in [9.17, 15) is 4.79 Å². The molecule has 90 valence electrons. The minimum Gasteiger partial charge on any atom is -0.383 e. The average Bonchev–Trinajstić information content (AvgIpc) is 2.19. The lowest BCUT2D eigenvalue weighted by atomic mass is 10.0. The third kappa shape index (κ3) is 5.52. The molecule has 0 saturated heterocycles. The van der Waals surface area contributed by atoms with Crippen molar-refractivity contribution in [2.24, 2.45) is 5.92 Å². The van der Waals surface area contributed by atoms with Crippen LogP contribution in [0.15, 0.2) is 0 Å². The summed E-state index contributed by atoms with van der Waals surface area (Å²) >= 11 is 3.48. The molecule has 1 unspecified atom stereocenters. The molecule has 0 saturated carbocycles. The van der Waals surface area contributed by atoms with Gasteiger partial charge in [-0.1, -0.05) is 29.8 Å². The Morgan fingerprint density at radius 1 is 1.40 bits per heavy atom. The van der Waals surface area contributed by atoms with Crippen molar-refractivity contribution in [3.8, 4) is 0 Å². The van der Waals surface area contributed by atoms with E-state index in [0.29, 0.717) is 13.2 Å². The van der Waals surface area contributed by atoms with Gasteiger partial charge in [-0.2, -0.15) is 0 Å². The summed E-state index contributed by atoms with van der Waals surface area (Å²) in [6.45, 7) is 5.44. The van der Waals surface area contributed by atoms with Crippen LogP contribution in [0.4, 0.5) is 0 Å². The van der Waals surface area contributed by atoms with E-state index in [2.05, 4.69) is 29.8 Å². The second kappa shape index (κ2) is 8.11. The molecular weight excluding hydrogens is 258 g/mol. The Kier molecular flexibility index (Phi) is 8.06. The highest BCUT2D eigenvalue weighted by Gasteiger charge is 2.20. The second-order valence-electron chi connectivity index (χ2n) is 3.78. The molecule has 0 N–H and O–H groups in total. The van der Waals surface area contributed by atoms with E-state index in [1.54, 1.807) is 12.0 Å². The van der Waals surface area contributed by atoms with E-state index in [4.69, 9.17) is 4.74 Å². The summed E-state index contributed by atoms with van der Waals surface area (Å²) in [5.74, 6) is 0.401. The molecule has 0 spiro atoms. The summed E-state index contributed by atoms with van der Waals surface area (Å²) < 4.78 is 5.01. The zero-order valence-electron chi connectivity index (χ0n) is 10.1. The maximum atomic E-state index is 11.9. The van der Waals surface area contributed by atoms with Crippen molar-refractivity contribution in [3.05, 3.63) is 0 Å². The standard InChI is InChI=1S/C11H22BrNO2/c1-5-9(6-2)11(14)13(3)7-10(12)8-15-4/h9-10H,5-8H2,1-4H3. The Hall–Kier alpha value is -0.0900. The minimum atomic E-state index is 0.164. The van der Waals surface area contributed by atoms with Crippen LogP contribution in [0.1, 0.15) is 26.7 Å². The Labute approximate surface area is 101 Å². The van der Waals surface area contributed by atoms with E-state index in [-0.39, 0.29) is 16.7 Å². The first kappa shape index (κ1) is 14.9. The van der Waals surface area contributed by atoms with Gasteiger partial charge in [0, 0.05) is 26.6 Å². The van der Waals surface area contributed by atoms with Gasteiger partial charge < -0.3 is 9.64 Å². The van der Waals surface area contributed by atoms with E-state index >= 15 is 0 Å². The lowest BCUT2D eigenvalue weighted by Crippen LogP contribution is -2.37. The average molecular weight is 280 g/mol. The molecule has 0 fully saturated rings. The minimum absolute atomic E-state index is 0.164. The first-order valence-corrected chi connectivity index (χ1v) is 6.36. The van der Waals surface area contributed by atoms with Crippen LogP contribution in [-0.2, 0) is 9.53 Å². The van der Waals surface area contributed by atoms with Gasteiger partial charge in [0.15, 0.2) is 0 Å². The fourth-order valence-electron chi connectivity index (χ4n) is 1.57. The number of methoxy groups -OCH3 is 1. The molecule has 1 atom stereocenters. The Bertz CT molecular complexity index is 183. The summed E-state index contributed by atoms with van der Waals surface area (Å²) in [5, 5.41) is 0. The number of hydrogen-bond donors (Lipinski definition) is 0. The first-order valence-electron chi connectivity index (χ1n) is 5.44. The molecule has 15 heavy (non-hydrogen) atoms. The summed E-state index contributed by atoms with van der Waals surface area (Å²) in [6, 6.07) is 0. The van der Waals surface area contributed by atoms with Crippen molar-refractivity contribution < 1.29 is 9.53 Å². The fraction of sp³-hybridized carbons (Fsp3) is 0.909.